The Bertz CT molecular complexity index is 1150. The number of nitrogens with zero attached hydrogens (tertiary/aromatic N) is 2. The molecule has 2 saturated carbocycles. The van der Waals surface area contributed by atoms with Gasteiger partial charge in [-0.15, -0.1) is 0 Å². The van der Waals surface area contributed by atoms with Crippen molar-refractivity contribution >= 4 is 16.7 Å². The molecule has 1 amide bonds. The van der Waals surface area contributed by atoms with Crippen molar-refractivity contribution < 1.29 is 14.6 Å². The zero-order valence-electron chi connectivity index (χ0n) is 22.0. The van der Waals surface area contributed by atoms with Gasteiger partial charge in [-0.2, -0.15) is 0 Å². The number of piperidine rings is 1. The number of benzene rings is 1. The Morgan fingerprint density at radius 1 is 1.11 bits per heavy atom. The lowest BCUT2D eigenvalue weighted by molar-refractivity contribution is -0.163. The van der Waals surface area contributed by atoms with Crippen LogP contribution < -0.4 is 10.3 Å². The van der Waals surface area contributed by atoms with E-state index in [1.807, 2.05) is 29.3 Å². The molecule has 1 aromatic heterocycles. The standard InChI is InChI=1S/C30H42N2O4/c1-22(18-23-8-4-3-5-9-23)27(33)32-17-15-30(35,29(20-32)13-6-7-14-29)21-31-16-12-24-10-11-25(36-2)19-26(24)28(31)34/h10-12,16,19,22-23,35H,3-9,13-15,17-18,20-21H2,1-2H3. The lowest BCUT2D eigenvalue weighted by Gasteiger charge is -2.53. The molecule has 0 bridgehead atoms. The van der Waals surface area contributed by atoms with Crippen LogP contribution in [0.1, 0.15) is 77.6 Å². The molecule has 2 aromatic rings. The molecule has 1 N–H and O–H groups in total. The topological polar surface area (TPSA) is 71.8 Å². The average molecular weight is 495 g/mol. The van der Waals surface area contributed by atoms with Crippen molar-refractivity contribution in [3.05, 3.63) is 40.8 Å². The molecule has 1 aliphatic heterocycles. The molecule has 36 heavy (non-hydrogen) atoms. The summed E-state index contributed by atoms with van der Waals surface area (Å²) in [5.41, 5.74) is -1.47. The third kappa shape index (κ3) is 4.69. The van der Waals surface area contributed by atoms with Gasteiger partial charge in [0.1, 0.15) is 5.75 Å². The first-order chi connectivity index (χ1) is 17.3. The van der Waals surface area contributed by atoms with Crippen LogP contribution in [0.3, 0.4) is 0 Å². The first-order valence-electron chi connectivity index (χ1n) is 14.0. The monoisotopic (exact) mass is 494 g/mol. The van der Waals surface area contributed by atoms with Gasteiger partial charge in [-0.05, 0) is 55.2 Å². The van der Waals surface area contributed by atoms with Crippen LogP contribution in [0.25, 0.3) is 10.8 Å². The zero-order chi connectivity index (χ0) is 25.3. The molecule has 1 spiro atoms. The SMILES string of the molecule is COc1ccc2ccn(CC3(O)CCN(C(=O)C(C)CC4CCCCC4)CC34CCCC4)c(=O)c2c1. The number of aliphatic hydroxyl groups is 1. The highest BCUT2D eigenvalue weighted by Crippen LogP contribution is 2.52. The maximum absolute atomic E-state index is 13.5. The molecule has 1 aromatic carbocycles. The number of aromatic nitrogens is 1. The molecule has 2 unspecified atom stereocenters. The summed E-state index contributed by atoms with van der Waals surface area (Å²) < 4.78 is 7.00. The van der Waals surface area contributed by atoms with Gasteiger partial charge in [-0.3, -0.25) is 9.59 Å². The van der Waals surface area contributed by atoms with Gasteiger partial charge in [0, 0.05) is 30.6 Å². The molecule has 6 nitrogen and oxygen atoms in total. The minimum absolute atomic E-state index is 0.0378. The van der Waals surface area contributed by atoms with E-state index < -0.39 is 5.60 Å². The van der Waals surface area contributed by atoms with Gasteiger partial charge in [0.25, 0.3) is 5.56 Å². The van der Waals surface area contributed by atoms with E-state index in [1.54, 1.807) is 17.7 Å². The minimum Gasteiger partial charge on any atom is -0.497 e. The highest BCUT2D eigenvalue weighted by atomic mass is 16.5. The second-order valence-corrected chi connectivity index (χ2v) is 11.9. The van der Waals surface area contributed by atoms with Gasteiger partial charge in [-0.25, -0.2) is 0 Å². The molecular formula is C30H42N2O4. The van der Waals surface area contributed by atoms with E-state index >= 15 is 0 Å². The van der Waals surface area contributed by atoms with Crippen LogP contribution in [0.4, 0.5) is 0 Å². The lowest BCUT2D eigenvalue weighted by atomic mass is 9.65. The number of methoxy groups -OCH3 is 1. The van der Waals surface area contributed by atoms with E-state index in [2.05, 4.69) is 6.92 Å². The fourth-order valence-corrected chi connectivity index (χ4v) is 7.41. The van der Waals surface area contributed by atoms with Crippen LogP contribution in [-0.2, 0) is 11.3 Å². The number of amides is 1. The van der Waals surface area contributed by atoms with Crippen LogP contribution in [0.15, 0.2) is 35.3 Å². The van der Waals surface area contributed by atoms with E-state index in [-0.39, 0.29) is 29.3 Å². The summed E-state index contributed by atoms with van der Waals surface area (Å²) in [6, 6.07) is 7.46. The molecule has 1 saturated heterocycles. The molecule has 196 valence electrons. The summed E-state index contributed by atoms with van der Waals surface area (Å²) >= 11 is 0. The summed E-state index contributed by atoms with van der Waals surface area (Å²) in [4.78, 5) is 29.0. The summed E-state index contributed by atoms with van der Waals surface area (Å²) in [5.74, 6) is 1.62. The van der Waals surface area contributed by atoms with Crippen molar-refractivity contribution in [1.29, 1.82) is 0 Å². The highest BCUT2D eigenvalue weighted by Gasteiger charge is 2.55. The number of fused-ring (bicyclic) bond motifs is 1. The Morgan fingerprint density at radius 3 is 2.58 bits per heavy atom. The number of pyridine rings is 1. The predicted molar refractivity (Wildman–Crippen MR) is 142 cm³/mol. The molecule has 2 atom stereocenters. The van der Waals surface area contributed by atoms with Crippen molar-refractivity contribution in [2.45, 2.75) is 89.7 Å². The fourth-order valence-electron chi connectivity index (χ4n) is 7.41. The predicted octanol–water partition coefficient (Wildman–Crippen LogP) is 5.14. The summed E-state index contributed by atoms with van der Waals surface area (Å²) in [5, 5.41) is 13.6. The van der Waals surface area contributed by atoms with Crippen LogP contribution in [0.5, 0.6) is 5.75 Å². The van der Waals surface area contributed by atoms with E-state index in [0.29, 0.717) is 36.6 Å². The van der Waals surface area contributed by atoms with E-state index in [0.717, 1.165) is 37.5 Å². The van der Waals surface area contributed by atoms with Gasteiger partial charge in [0.15, 0.2) is 0 Å². The van der Waals surface area contributed by atoms with Crippen molar-refractivity contribution in [1.82, 2.24) is 9.47 Å². The zero-order valence-corrected chi connectivity index (χ0v) is 22.0. The highest BCUT2D eigenvalue weighted by molar-refractivity contribution is 5.82. The number of rotatable bonds is 6. The Hall–Kier alpha value is -2.34. The Kier molecular flexibility index (Phi) is 7.17. The number of hydrogen-bond donors (Lipinski definition) is 1. The second-order valence-electron chi connectivity index (χ2n) is 11.9. The molecule has 5 rings (SSSR count). The molecule has 3 fully saturated rings. The maximum Gasteiger partial charge on any atom is 0.258 e. The molecule has 2 heterocycles. The maximum atomic E-state index is 13.5. The van der Waals surface area contributed by atoms with Crippen molar-refractivity contribution in [3.8, 4) is 5.75 Å². The van der Waals surface area contributed by atoms with Crippen LogP contribution >= 0.6 is 0 Å². The van der Waals surface area contributed by atoms with E-state index in [1.165, 1.54) is 32.1 Å². The quantitative estimate of drug-likeness (QED) is 0.604. The van der Waals surface area contributed by atoms with E-state index in [4.69, 9.17) is 4.74 Å². The lowest BCUT2D eigenvalue weighted by Crippen LogP contribution is -2.62. The summed E-state index contributed by atoms with van der Waals surface area (Å²) in [7, 11) is 1.60. The largest absolute Gasteiger partial charge is 0.497 e. The Morgan fingerprint density at radius 2 is 1.86 bits per heavy atom. The van der Waals surface area contributed by atoms with Gasteiger partial charge in [0.2, 0.25) is 5.91 Å². The first-order valence-corrected chi connectivity index (χ1v) is 14.0. The number of likely N-dealkylation sites (tertiary alicyclic amines) is 1. The molecule has 6 heteroatoms. The third-order valence-corrected chi connectivity index (χ3v) is 9.60. The second kappa shape index (κ2) is 10.2. The molecular weight excluding hydrogens is 452 g/mol. The van der Waals surface area contributed by atoms with Crippen LogP contribution in [0, 0.1) is 17.3 Å². The van der Waals surface area contributed by atoms with Crippen molar-refractivity contribution in [3.63, 3.8) is 0 Å². The number of hydrogen-bond acceptors (Lipinski definition) is 4. The van der Waals surface area contributed by atoms with Crippen molar-refractivity contribution in [2.75, 3.05) is 20.2 Å². The smallest absolute Gasteiger partial charge is 0.258 e. The summed E-state index contributed by atoms with van der Waals surface area (Å²) in [6.45, 7) is 3.52. The Labute approximate surface area is 214 Å². The average Bonchev–Trinajstić information content (AvgIpc) is 3.37. The van der Waals surface area contributed by atoms with Crippen LogP contribution in [0.2, 0.25) is 0 Å². The van der Waals surface area contributed by atoms with Gasteiger partial charge >= 0.3 is 0 Å². The van der Waals surface area contributed by atoms with Crippen molar-refractivity contribution in [2.24, 2.45) is 17.3 Å². The molecule has 0 radical (unpaired) electrons. The number of ether oxygens (including phenoxy) is 1. The van der Waals surface area contributed by atoms with Gasteiger partial charge < -0.3 is 19.3 Å². The Balaban J connectivity index is 1.35. The third-order valence-electron chi connectivity index (χ3n) is 9.60. The first kappa shape index (κ1) is 25.3. The molecule has 2 aliphatic carbocycles. The number of carbonyl (C=O) groups excluding carboxylic acids is 1. The van der Waals surface area contributed by atoms with Crippen LogP contribution in [-0.4, -0.2) is 46.3 Å². The minimum atomic E-state index is -1.01. The summed E-state index contributed by atoms with van der Waals surface area (Å²) in [6.07, 6.45) is 13.7. The van der Waals surface area contributed by atoms with E-state index in [9.17, 15) is 14.7 Å². The fraction of sp³-hybridized carbons (Fsp3) is 0.667. The van der Waals surface area contributed by atoms with Gasteiger partial charge in [-0.1, -0.05) is 57.9 Å². The normalized spacial score (nSPS) is 25.4. The van der Waals surface area contributed by atoms with Gasteiger partial charge in [0.05, 0.1) is 24.6 Å². The molecule has 3 aliphatic rings. The number of carbonyl (C=O) groups is 1.